The molecule has 3 atom stereocenters. The second-order valence-corrected chi connectivity index (χ2v) is 11.0. The van der Waals surface area contributed by atoms with Crippen LogP contribution in [0.1, 0.15) is 48.1 Å². The maximum absolute atomic E-state index is 14.6. The van der Waals surface area contributed by atoms with Gasteiger partial charge < -0.3 is 4.90 Å². The maximum atomic E-state index is 14.6. The van der Waals surface area contributed by atoms with Gasteiger partial charge in [-0.25, -0.2) is 0 Å². The molecule has 7 rings (SSSR count). The number of ketones is 3. The van der Waals surface area contributed by atoms with Crippen LogP contribution in [0, 0.1) is 5.41 Å². The number of nitrogens with zero attached hydrogens (tertiary/aromatic N) is 1. The summed E-state index contributed by atoms with van der Waals surface area (Å²) in [5.41, 5.74) is 1.90. The van der Waals surface area contributed by atoms with E-state index in [-0.39, 0.29) is 17.3 Å². The number of Topliss-reactive ketones (excluding diaryl/α,β-unsaturated/α-hetero) is 3. The molecular formula is C33H21Cl2NO3. The Kier molecular flexibility index (Phi) is 5.41. The van der Waals surface area contributed by atoms with Crippen LogP contribution in [0.2, 0.25) is 10.0 Å². The zero-order valence-corrected chi connectivity index (χ0v) is 22.1. The highest BCUT2D eigenvalue weighted by Gasteiger charge is 2.71. The summed E-state index contributed by atoms with van der Waals surface area (Å²) in [7, 11) is 0. The number of anilines is 1. The third-order valence-corrected chi connectivity index (χ3v) is 8.90. The number of para-hydroxylation sites is 1. The fourth-order valence-electron chi connectivity index (χ4n) is 6.79. The fourth-order valence-corrected chi connectivity index (χ4v) is 7.31. The van der Waals surface area contributed by atoms with Crippen molar-refractivity contribution in [3.63, 3.8) is 0 Å². The predicted octanol–water partition coefficient (Wildman–Crippen LogP) is 7.31. The number of hydrogen-bond donors (Lipinski definition) is 0. The van der Waals surface area contributed by atoms with Crippen molar-refractivity contribution in [3.05, 3.63) is 141 Å². The first kappa shape index (κ1) is 24.1. The van der Waals surface area contributed by atoms with E-state index in [4.69, 9.17) is 23.2 Å². The van der Waals surface area contributed by atoms with Gasteiger partial charge in [-0.15, -0.1) is 0 Å². The van der Waals surface area contributed by atoms with Crippen LogP contribution in [0.5, 0.6) is 0 Å². The molecule has 6 heteroatoms. The summed E-state index contributed by atoms with van der Waals surface area (Å²) < 4.78 is 0. The Morgan fingerprint density at radius 1 is 0.769 bits per heavy atom. The minimum absolute atomic E-state index is 0.185. The number of carbonyl (C=O) groups is 3. The van der Waals surface area contributed by atoms with Crippen LogP contribution in [-0.2, 0) is 0 Å². The molecule has 0 aromatic heterocycles. The lowest BCUT2D eigenvalue weighted by Crippen LogP contribution is -2.48. The molecule has 1 spiro atoms. The molecule has 0 unspecified atom stereocenters. The number of rotatable bonds is 3. The Bertz CT molecular complexity index is 1690. The largest absolute Gasteiger partial charge is 0.352 e. The van der Waals surface area contributed by atoms with Gasteiger partial charge in [-0.2, -0.15) is 0 Å². The summed E-state index contributed by atoms with van der Waals surface area (Å²) in [6.45, 7) is 0. The molecule has 0 amide bonds. The Morgan fingerprint density at radius 3 is 2.10 bits per heavy atom. The Morgan fingerprint density at radius 2 is 1.41 bits per heavy atom. The Hall–Kier alpha value is -3.99. The molecule has 0 N–H and O–H groups in total. The highest BCUT2D eigenvalue weighted by molar-refractivity contribution is 6.36. The van der Waals surface area contributed by atoms with E-state index >= 15 is 0 Å². The van der Waals surface area contributed by atoms with Gasteiger partial charge in [0.2, 0.25) is 0 Å². The van der Waals surface area contributed by atoms with Crippen LogP contribution >= 0.6 is 23.2 Å². The second-order valence-electron chi connectivity index (χ2n) is 10.2. The lowest BCUT2D eigenvalue weighted by Gasteiger charge is -2.37. The van der Waals surface area contributed by atoms with Gasteiger partial charge in [-0.1, -0.05) is 114 Å². The van der Waals surface area contributed by atoms with Crippen LogP contribution < -0.4 is 4.90 Å². The van der Waals surface area contributed by atoms with Crippen LogP contribution in [-0.4, -0.2) is 29.4 Å². The van der Waals surface area contributed by atoms with E-state index in [1.54, 1.807) is 54.6 Å². The minimum Gasteiger partial charge on any atom is -0.352 e. The molecule has 0 radical (unpaired) electrons. The van der Waals surface area contributed by atoms with Gasteiger partial charge in [0.1, 0.15) is 11.5 Å². The van der Waals surface area contributed by atoms with E-state index in [1.807, 2.05) is 59.5 Å². The number of fused-ring (bicyclic) bond motifs is 5. The van der Waals surface area contributed by atoms with Crippen molar-refractivity contribution in [2.75, 3.05) is 4.90 Å². The summed E-state index contributed by atoms with van der Waals surface area (Å²) >= 11 is 13.1. The van der Waals surface area contributed by atoms with E-state index < -0.39 is 23.4 Å². The van der Waals surface area contributed by atoms with Crippen molar-refractivity contribution in [2.24, 2.45) is 5.41 Å². The molecule has 4 aromatic carbocycles. The van der Waals surface area contributed by atoms with Gasteiger partial charge in [0.15, 0.2) is 17.3 Å². The van der Waals surface area contributed by atoms with Crippen molar-refractivity contribution in [3.8, 4) is 0 Å². The molecule has 1 fully saturated rings. The summed E-state index contributed by atoms with van der Waals surface area (Å²) in [5, 5.41) is 0.739. The van der Waals surface area contributed by atoms with Gasteiger partial charge in [0, 0.05) is 38.3 Å². The maximum Gasteiger partial charge on any atom is 0.185 e. The molecule has 190 valence electrons. The lowest BCUT2D eigenvalue weighted by molar-refractivity contribution is 0.0666. The molecule has 0 bridgehead atoms. The molecule has 1 aliphatic carbocycles. The standard InChI is InChI=1S/C33H21Cl2NO3/c34-21-15-16-24(25(35)18-21)28-29(30(37)20-9-2-1-3-10-20)36-26-13-7-4-8-19(26)14-17-27(36)33(28)31(38)22-11-5-6-12-23(22)32(33)39/h1-18,27-29H/t27-,28+,29+/m1/s1. The average Bonchev–Trinajstić information content (AvgIpc) is 3.39. The zero-order valence-electron chi connectivity index (χ0n) is 20.6. The van der Waals surface area contributed by atoms with E-state index in [1.165, 1.54) is 0 Å². The van der Waals surface area contributed by atoms with Crippen molar-refractivity contribution >= 4 is 52.3 Å². The van der Waals surface area contributed by atoms with Gasteiger partial charge in [-0.05, 0) is 29.3 Å². The van der Waals surface area contributed by atoms with Gasteiger partial charge >= 0.3 is 0 Å². The highest BCUT2D eigenvalue weighted by atomic mass is 35.5. The summed E-state index contributed by atoms with van der Waals surface area (Å²) in [4.78, 5) is 45.7. The lowest BCUT2D eigenvalue weighted by atomic mass is 9.64. The van der Waals surface area contributed by atoms with Crippen LogP contribution in [0.15, 0.2) is 103 Å². The Labute approximate surface area is 235 Å². The molecule has 39 heavy (non-hydrogen) atoms. The monoisotopic (exact) mass is 549 g/mol. The number of carbonyl (C=O) groups excluding carboxylic acids is 3. The third-order valence-electron chi connectivity index (χ3n) is 8.34. The van der Waals surface area contributed by atoms with E-state index in [2.05, 4.69) is 0 Å². The molecule has 2 heterocycles. The van der Waals surface area contributed by atoms with Crippen LogP contribution in [0.4, 0.5) is 5.69 Å². The van der Waals surface area contributed by atoms with Crippen LogP contribution in [0.25, 0.3) is 6.08 Å². The predicted molar refractivity (Wildman–Crippen MR) is 153 cm³/mol. The quantitative estimate of drug-likeness (QED) is 0.198. The smallest absolute Gasteiger partial charge is 0.185 e. The fraction of sp³-hybridized carbons (Fsp3) is 0.121. The normalized spacial score (nSPS) is 22.1. The van der Waals surface area contributed by atoms with Gasteiger partial charge in [0.25, 0.3) is 0 Å². The van der Waals surface area contributed by atoms with Crippen molar-refractivity contribution in [1.82, 2.24) is 0 Å². The molecule has 3 aliphatic rings. The molecule has 1 saturated heterocycles. The van der Waals surface area contributed by atoms with E-state index in [0.717, 1.165) is 11.3 Å². The summed E-state index contributed by atoms with van der Waals surface area (Å²) in [5.74, 6) is -1.64. The summed E-state index contributed by atoms with van der Waals surface area (Å²) in [6.07, 6.45) is 3.84. The van der Waals surface area contributed by atoms with E-state index in [0.29, 0.717) is 32.3 Å². The zero-order chi connectivity index (χ0) is 26.9. The highest BCUT2D eigenvalue weighted by Crippen LogP contribution is 2.61. The first-order chi connectivity index (χ1) is 18.9. The topological polar surface area (TPSA) is 54.5 Å². The van der Waals surface area contributed by atoms with Gasteiger partial charge in [0.05, 0.1) is 6.04 Å². The summed E-state index contributed by atoms with van der Waals surface area (Å²) in [6, 6.07) is 27.1. The Balaban J connectivity index is 1.57. The molecule has 2 aliphatic heterocycles. The number of benzene rings is 4. The first-order valence-corrected chi connectivity index (χ1v) is 13.5. The minimum atomic E-state index is -1.60. The third kappa shape index (κ3) is 3.22. The number of halogens is 2. The van der Waals surface area contributed by atoms with Crippen molar-refractivity contribution in [2.45, 2.75) is 18.0 Å². The molecule has 0 saturated carbocycles. The number of hydrogen-bond acceptors (Lipinski definition) is 4. The molecule has 4 nitrogen and oxygen atoms in total. The molecule has 4 aromatic rings. The second kappa shape index (κ2) is 8.77. The van der Waals surface area contributed by atoms with Crippen molar-refractivity contribution < 1.29 is 14.4 Å². The SMILES string of the molecule is O=C(c1ccccc1)[C@@H]1[C@H](c2ccc(Cl)cc2Cl)C2(C(=O)c3ccccc3C2=O)[C@H]2C=Cc3ccccc3N12. The van der Waals surface area contributed by atoms with Crippen LogP contribution in [0.3, 0.4) is 0 Å². The van der Waals surface area contributed by atoms with Gasteiger partial charge in [-0.3, -0.25) is 14.4 Å². The first-order valence-electron chi connectivity index (χ1n) is 12.7. The van der Waals surface area contributed by atoms with Crippen molar-refractivity contribution in [1.29, 1.82) is 0 Å². The van der Waals surface area contributed by atoms with E-state index in [9.17, 15) is 14.4 Å². The average molecular weight is 550 g/mol. The molecular weight excluding hydrogens is 529 g/mol.